The van der Waals surface area contributed by atoms with Crippen molar-refractivity contribution < 1.29 is 160 Å². The van der Waals surface area contributed by atoms with Gasteiger partial charge in [0.2, 0.25) is 0 Å². The number of phenols is 2. The van der Waals surface area contributed by atoms with Crippen molar-refractivity contribution in [3.8, 4) is 34.5 Å². The fraction of sp³-hybridized carbons (Fsp3) is 0.464. The number of aliphatic hydroxyl groups excluding tert-OH is 6. The van der Waals surface area contributed by atoms with Crippen molar-refractivity contribution in [2.45, 2.75) is 171 Å². The van der Waals surface area contributed by atoms with E-state index in [9.17, 15) is 50.1 Å². The standard InChI is InChI=1S/C31H38O11.C21H22O9.C19H20O6.C12H20O6.CH4O/c1-30(2)39-25-24(38-29-27(26(25)40-30)41-31(3,4)42-29)16-35-28(32)21-12-9-19(10-13-21)7-8-20-11-14-22(36-17-33-5)23(15-20)37-18-34-6;22-14-8-5-12(9-15(14)23)2-1-11-3-6-13(7-4-11)20(27)29-10-16-17(24)18(25)19(26)21(28)30-16;1-22-12-24-17-10-7-15(11-18(17)25-13-23-2)4-3-14-5-8-16(9-6-14)19(20)21;1-11(2)15-7-6(5-13)14-10-9(8(7)16-11)17-12(3,4)18-10;1-2/h7-15,24-27,29H,16-18H2,1-6H3;1-9,16-19,21-26,28H,10H2;3-11H,12-13H2,1-2H3,(H,20,21);6-10,13H,5H2,1-4H3;2H,1H3. The Morgan fingerprint density at radius 2 is 0.701 bits per heavy atom. The number of benzene rings is 6. The van der Waals surface area contributed by atoms with Crippen LogP contribution in [0.2, 0.25) is 0 Å². The quantitative estimate of drug-likeness (QED) is 0.0107. The maximum Gasteiger partial charge on any atom is 0.338 e. The Morgan fingerprint density at radius 3 is 1.10 bits per heavy atom. The second-order valence-electron chi connectivity index (χ2n) is 28.9. The molecule has 15 atom stereocenters. The highest BCUT2D eigenvalue weighted by Crippen LogP contribution is 2.46. The van der Waals surface area contributed by atoms with Gasteiger partial charge in [0.1, 0.15) is 86.5 Å². The number of carboxylic acids is 1. The molecule has 7 saturated heterocycles. The minimum atomic E-state index is -1.70. The fourth-order valence-electron chi connectivity index (χ4n) is 12.8. The van der Waals surface area contributed by atoms with Crippen LogP contribution in [0.5, 0.6) is 34.5 Å². The number of carbonyl (C=O) groups excluding carboxylic acids is 2. The lowest BCUT2D eigenvalue weighted by Crippen LogP contribution is -2.58. The molecule has 15 unspecified atom stereocenters. The van der Waals surface area contributed by atoms with Crippen molar-refractivity contribution in [3.63, 3.8) is 0 Å². The average molecular weight is 1640 g/mol. The molecule has 33 nitrogen and oxygen atoms in total. The SMILES string of the molecule is CC1(C)OC2OC(CO)C3OC(C)(C)OC3C2O1.CO.COCOc1ccc(C=Cc2ccc(C(=O)O)cc2)cc1OCOC.COCOc1ccc(C=Cc2ccc(C(=O)OCC3OC4OC(C)(C)OC4C4OC(C)(C)OC34)cc2)cc1OCOC.O=C(OCC1OC(O)C(O)C(O)C1O)c1ccc(C=Cc2ccc(O)c(O)c2)cc1. The zero-order valence-corrected chi connectivity index (χ0v) is 67.0. The molecule has 0 radical (unpaired) electrons. The van der Waals surface area contributed by atoms with Crippen molar-refractivity contribution in [3.05, 3.63) is 177 Å². The van der Waals surface area contributed by atoms with Crippen molar-refractivity contribution in [2.75, 3.05) is 82.5 Å². The average Bonchev–Trinajstić information content (AvgIpc) is 1.60. The molecule has 13 rings (SSSR count). The predicted molar refractivity (Wildman–Crippen MR) is 415 cm³/mol. The van der Waals surface area contributed by atoms with Crippen LogP contribution >= 0.6 is 0 Å². The van der Waals surface area contributed by atoms with Crippen LogP contribution in [0.1, 0.15) is 120 Å². The summed E-state index contributed by atoms with van der Waals surface area (Å²) >= 11 is 0. The van der Waals surface area contributed by atoms with Gasteiger partial charge in [0, 0.05) is 35.5 Å². The zero-order chi connectivity index (χ0) is 84.9. The van der Waals surface area contributed by atoms with Gasteiger partial charge in [-0.25, -0.2) is 14.4 Å². The summed E-state index contributed by atoms with van der Waals surface area (Å²) in [4.78, 5) is 35.9. The lowest BCUT2D eigenvalue weighted by atomic mass is 9.99. The number of fused-ring (bicyclic) bond motifs is 6. The molecule has 6 aromatic carbocycles. The third-order valence-electron chi connectivity index (χ3n) is 18.2. The van der Waals surface area contributed by atoms with Crippen LogP contribution in [0.3, 0.4) is 0 Å². The summed E-state index contributed by atoms with van der Waals surface area (Å²) in [6, 6.07) is 35.6. The van der Waals surface area contributed by atoms with E-state index in [0.29, 0.717) is 34.1 Å². The fourth-order valence-corrected chi connectivity index (χ4v) is 12.8. The number of hydrogen-bond donors (Lipinski definition) is 9. The Hall–Kier alpha value is -9.09. The predicted octanol–water partition coefficient (Wildman–Crippen LogP) is 8.10. The molecule has 0 bridgehead atoms. The number of aromatic hydroxyl groups is 2. The topological polar surface area (TPSA) is 427 Å². The van der Waals surface area contributed by atoms with E-state index in [1.54, 1.807) is 107 Å². The zero-order valence-electron chi connectivity index (χ0n) is 67.0. The monoisotopic (exact) mass is 1640 g/mol. The molecule has 0 spiro atoms. The number of hydrogen-bond acceptors (Lipinski definition) is 32. The number of methoxy groups -OCH3 is 4. The van der Waals surface area contributed by atoms with E-state index in [-0.39, 0.29) is 81.3 Å². The first-order valence-corrected chi connectivity index (χ1v) is 37.1. The number of carboxylic acid groups (broad SMARTS) is 1. The second kappa shape index (κ2) is 42.0. The Kier molecular flexibility index (Phi) is 33.0. The summed E-state index contributed by atoms with van der Waals surface area (Å²) in [6.45, 7) is 14.5. The number of carbonyl (C=O) groups is 3. The van der Waals surface area contributed by atoms with Gasteiger partial charge in [0.25, 0.3) is 0 Å². The summed E-state index contributed by atoms with van der Waals surface area (Å²) < 4.78 is 117. The van der Waals surface area contributed by atoms with Crippen LogP contribution in [0.4, 0.5) is 0 Å². The van der Waals surface area contributed by atoms with Gasteiger partial charge in [-0.3, -0.25) is 0 Å². The summed E-state index contributed by atoms with van der Waals surface area (Å²) in [6.07, 6.45) is -1.03. The first kappa shape index (κ1) is 91.8. The Labute approximate surface area is 676 Å². The molecule has 7 aliphatic rings. The minimum absolute atomic E-state index is 0.0222. The van der Waals surface area contributed by atoms with Crippen molar-refractivity contribution in [1.29, 1.82) is 0 Å². The summed E-state index contributed by atoms with van der Waals surface area (Å²) in [5.74, 6) is -3.41. The number of ether oxygens (including phenoxy) is 21. The highest BCUT2D eigenvalue weighted by atomic mass is 16.9. The molecule has 7 heterocycles. The molecule has 0 saturated carbocycles. The molecule has 6 aromatic rings. The first-order chi connectivity index (χ1) is 55.8. The molecule has 0 aromatic heterocycles. The van der Waals surface area contributed by atoms with Gasteiger partial charge in [-0.05, 0) is 162 Å². The van der Waals surface area contributed by atoms with E-state index in [1.165, 1.54) is 24.3 Å². The number of rotatable bonds is 26. The van der Waals surface area contributed by atoms with Crippen LogP contribution in [-0.4, -0.2) is 262 Å². The smallest absolute Gasteiger partial charge is 0.338 e. The molecule has 638 valence electrons. The first-order valence-electron chi connectivity index (χ1n) is 37.1. The van der Waals surface area contributed by atoms with Gasteiger partial charge < -0.3 is 145 Å². The molecule has 9 N–H and O–H groups in total. The van der Waals surface area contributed by atoms with E-state index in [2.05, 4.69) is 0 Å². The summed E-state index contributed by atoms with van der Waals surface area (Å²) in [5.41, 5.74) is 5.94. The highest BCUT2D eigenvalue weighted by Gasteiger charge is 2.62. The van der Waals surface area contributed by atoms with Gasteiger partial charge in [0.15, 0.2) is 104 Å². The number of aromatic carboxylic acids is 1. The van der Waals surface area contributed by atoms with Gasteiger partial charge in [-0.1, -0.05) is 91.1 Å². The Morgan fingerprint density at radius 1 is 0.368 bits per heavy atom. The van der Waals surface area contributed by atoms with Gasteiger partial charge in [-0.2, -0.15) is 0 Å². The van der Waals surface area contributed by atoms with E-state index in [0.717, 1.165) is 34.9 Å². The third-order valence-corrected chi connectivity index (χ3v) is 18.2. The molecule has 7 fully saturated rings. The molecular formula is C84H104O33. The number of aliphatic hydroxyl groups is 6. The van der Waals surface area contributed by atoms with Crippen molar-refractivity contribution in [1.82, 2.24) is 0 Å². The number of esters is 2. The van der Waals surface area contributed by atoms with Crippen molar-refractivity contribution in [2.24, 2.45) is 0 Å². The van der Waals surface area contributed by atoms with Gasteiger partial charge in [-0.15, -0.1) is 0 Å². The van der Waals surface area contributed by atoms with Gasteiger partial charge in [0.05, 0.1) is 23.3 Å². The lowest BCUT2D eigenvalue weighted by molar-refractivity contribution is -0.286. The second-order valence-corrected chi connectivity index (χ2v) is 28.9. The minimum Gasteiger partial charge on any atom is -0.504 e. The largest absolute Gasteiger partial charge is 0.504 e. The van der Waals surface area contributed by atoms with Crippen LogP contribution in [0.25, 0.3) is 36.5 Å². The maximum absolute atomic E-state index is 12.9. The highest BCUT2D eigenvalue weighted by molar-refractivity contribution is 5.91. The van der Waals surface area contributed by atoms with E-state index < -0.39 is 121 Å². The van der Waals surface area contributed by atoms with Crippen LogP contribution in [-0.2, 0) is 80.5 Å². The molecule has 7 aliphatic heterocycles. The molecule has 0 amide bonds. The summed E-state index contributed by atoms with van der Waals surface area (Å²) in [5, 5.41) is 82.6. The maximum atomic E-state index is 12.9. The van der Waals surface area contributed by atoms with Gasteiger partial charge >= 0.3 is 17.9 Å². The molecule has 33 heteroatoms. The normalized spacial score (nSPS) is 26.5. The number of phenolic OH excluding ortho intramolecular Hbond substituents is 2. The molecule has 0 aliphatic carbocycles. The Balaban J connectivity index is 0.000000184. The van der Waals surface area contributed by atoms with Crippen LogP contribution < -0.4 is 18.9 Å². The van der Waals surface area contributed by atoms with E-state index in [1.807, 2.05) is 116 Å². The lowest BCUT2D eigenvalue weighted by Gasteiger charge is -2.37. The molecule has 117 heavy (non-hydrogen) atoms. The Bertz CT molecular complexity index is 4260. The van der Waals surface area contributed by atoms with Crippen molar-refractivity contribution >= 4 is 54.4 Å². The molecular weight excluding hydrogens is 1540 g/mol. The third kappa shape index (κ3) is 25.5. The van der Waals surface area contributed by atoms with Crippen LogP contribution in [0.15, 0.2) is 127 Å². The summed E-state index contributed by atoms with van der Waals surface area (Å²) in [7, 11) is 7.18. The van der Waals surface area contributed by atoms with E-state index >= 15 is 0 Å². The van der Waals surface area contributed by atoms with E-state index in [4.69, 9.17) is 110 Å². The van der Waals surface area contributed by atoms with Crippen LogP contribution in [0, 0.1) is 0 Å².